The Kier molecular flexibility index (Phi) is 7.79. The number of hydrogen-bond acceptors (Lipinski definition) is 4. The lowest BCUT2D eigenvalue weighted by Gasteiger charge is -2.36. The third-order valence-electron chi connectivity index (χ3n) is 6.79. The number of aromatic nitrogens is 2. The number of carbonyl (C=O) groups is 1. The van der Waals surface area contributed by atoms with Crippen LogP contribution in [0.25, 0.3) is 11.0 Å². The molecule has 3 aromatic rings. The van der Waals surface area contributed by atoms with Crippen LogP contribution >= 0.6 is 11.8 Å². The van der Waals surface area contributed by atoms with Crippen molar-refractivity contribution < 1.29 is 22.7 Å². The molecule has 3 atom stereocenters. The molecule has 0 unspecified atom stereocenters. The average Bonchev–Trinajstić information content (AvgIpc) is 3.14. The van der Waals surface area contributed by atoms with Crippen molar-refractivity contribution in [2.45, 2.75) is 64.0 Å². The Bertz CT molecular complexity index is 1160. The molecule has 8 heteroatoms. The summed E-state index contributed by atoms with van der Waals surface area (Å²) in [4.78, 5) is 17.3. The number of rotatable bonds is 7. The number of nitrogens with zero attached hydrogens (tertiary/aromatic N) is 2. The monoisotopic (exact) mass is 504 g/mol. The van der Waals surface area contributed by atoms with Gasteiger partial charge < -0.3 is 9.30 Å². The number of halogens is 3. The van der Waals surface area contributed by atoms with E-state index in [1.165, 1.54) is 17.8 Å². The summed E-state index contributed by atoms with van der Waals surface area (Å²) in [6.45, 7) is 6.96. The Hall–Kier alpha value is -2.48. The summed E-state index contributed by atoms with van der Waals surface area (Å²) in [7, 11) is 0. The molecule has 0 amide bonds. The molecule has 1 heterocycles. The molecule has 4 rings (SSSR count). The van der Waals surface area contributed by atoms with Gasteiger partial charge in [0.05, 0.1) is 28.9 Å². The fraction of sp³-hybridized carbons (Fsp3) is 0.481. The predicted molar refractivity (Wildman–Crippen MR) is 132 cm³/mol. The third kappa shape index (κ3) is 6.21. The fourth-order valence-corrected chi connectivity index (χ4v) is 5.69. The van der Waals surface area contributed by atoms with Gasteiger partial charge in [-0.05, 0) is 54.4 Å². The second kappa shape index (κ2) is 10.6. The smallest absolute Gasteiger partial charge is 0.416 e. The highest BCUT2D eigenvalue weighted by Gasteiger charge is 2.34. The van der Waals surface area contributed by atoms with Crippen LogP contribution in [-0.2, 0) is 22.3 Å². The topological polar surface area (TPSA) is 44.1 Å². The number of carbonyl (C=O) groups excluding carboxylic acids is 1. The van der Waals surface area contributed by atoms with E-state index in [1.807, 2.05) is 34.9 Å². The van der Waals surface area contributed by atoms with Gasteiger partial charge in [-0.2, -0.15) is 13.2 Å². The first kappa shape index (κ1) is 25.6. The van der Waals surface area contributed by atoms with E-state index in [1.54, 1.807) is 0 Å². The summed E-state index contributed by atoms with van der Waals surface area (Å²) in [6.07, 6.45) is -1.47. The van der Waals surface area contributed by atoms with Gasteiger partial charge in [0.2, 0.25) is 0 Å². The van der Waals surface area contributed by atoms with Gasteiger partial charge in [0.1, 0.15) is 6.10 Å². The highest BCUT2D eigenvalue weighted by molar-refractivity contribution is 7.99. The number of thioether (sulfide) groups is 1. The fourth-order valence-electron chi connectivity index (χ4n) is 4.89. The zero-order chi connectivity index (χ0) is 25.2. The lowest BCUT2D eigenvalue weighted by molar-refractivity contribution is -0.152. The minimum Gasteiger partial charge on any atom is -0.461 e. The molecule has 1 aromatic heterocycles. The minimum absolute atomic E-state index is 0.0555. The summed E-state index contributed by atoms with van der Waals surface area (Å²) in [6, 6.07) is 13.2. The molecule has 188 valence electrons. The minimum atomic E-state index is -4.45. The summed E-state index contributed by atoms with van der Waals surface area (Å²) in [5.41, 5.74) is 1.11. The number of fused-ring (bicyclic) bond motifs is 1. The van der Waals surface area contributed by atoms with Gasteiger partial charge >= 0.3 is 12.1 Å². The van der Waals surface area contributed by atoms with Gasteiger partial charge in [-0.15, -0.1) is 0 Å². The van der Waals surface area contributed by atoms with E-state index in [-0.39, 0.29) is 23.3 Å². The number of imidazole rings is 1. The van der Waals surface area contributed by atoms with Gasteiger partial charge in [0.25, 0.3) is 0 Å². The number of hydrogen-bond donors (Lipinski definition) is 0. The molecule has 2 aromatic carbocycles. The summed E-state index contributed by atoms with van der Waals surface area (Å²) in [5, 5.41) is 0.498. The predicted octanol–water partition coefficient (Wildman–Crippen LogP) is 7.20. The number of esters is 1. The van der Waals surface area contributed by atoms with Crippen molar-refractivity contribution in [1.82, 2.24) is 9.55 Å². The summed E-state index contributed by atoms with van der Waals surface area (Å²) < 4.78 is 47.6. The van der Waals surface area contributed by atoms with E-state index in [2.05, 4.69) is 25.8 Å². The summed E-state index contributed by atoms with van der Waals surface area (Å²) in [5.74, 6) is 1.05. The van der Waals surface area contributed by atoms with Gasteiger partial charge in [0, 0.05) is 0 Å². The third-order valence-corrected chi connectivity index (χ3v) is 7.74. The second-order valence-corrected chi connectivity index (χ2v) is 10.8. The Morgan fingerprint density at radius 3 is 2.60 bits per heavy atom. The maximum Gasteiger partial charge on any atom is 0.416 e. The normalized spacial score (nSPS) is 20.9. The second-order valence-electron chi connectivity index (χ2n) is 9.81. The lowest BCUT2D eigenvalue weighted by Crippen LogP contribution is -2.36. The van der Waals surface area contributed by atoms with Crippen molar-refractivity contribution in [2.75, 3.05) is 5.75 Å². The number of alkyl halides is 3. The first-order valence-corrected chi connectivity index (χ1v) is 13.0. The van der Waals surface area contributed by atoms with Crippen LogP contribution in [0.5, 0.6) is 0 Å². The van der Waals surface area contributed by atoms with Crippen molar-refractivity contribution in [3.05, 3.63) is 59.7 Å². The highest BCUT2D eigenvalue weighted by atomic mass is 32.2. The van der Waals surface area contributed by atoms with Crippen molar-refractivity contribution in [3.63, 3.8) is 0 Å². The van der Waals surface area contributed by atoms with E-state index >= 15 is 0 Å². The molecule has 0 bridgehead atoms. The lowest BCUT2D eigenvalue weighted by atomic mass is 9.75. The van der Waals surface area contributed by atoms with Gasteiger partial charge in [-0.1, -0.05) is 69.3 Å². The zero-order valence-electron chi connectivity index (χ0n) is 20.2. The molecule has 0 spiro atoms. The maximum atomic E-state index is 13.3. The van der Waals surface area contributed by atoms with Crippen molar-refractivity contribution in [2.24, 2.45) is 17.8 Å². The first-order valence-electron chi connectivity index (χ1n) is 12.1. The molecule has 1 aliphatic carbocycles. The van der Waals surface area contributed by atoms with Crippen molar-refractivity contribution in [3.8, 4) is 0 Å². The van der Waals surface area contributed by atoms with Gasteiger partial charge in [-0.25, -0.2) is 4.98 Å². The van der Waals surface area contributed by atoms with Crippen LogP contribution in [0.4, 0.5) is 13.2 Å². The highest BCUT2D eigenvalue weighted by Crippen LogP contribution is 2.36. The maximum absolute atomic E-state index is 13.3. The molecule has 1 saturated carbocycles. The van der Waals surface area contributed by atoms with Crippen LogP contribution in [0.2, 0.25) is 0 Å². The van der Waals surface area contributed by atoms with Crippen LogP contribution in [-0.4, -0.2) is 27.4 Å². The van der Waals surface area contributed by atoms with Crippen LogP contribution in [0.3, 0.4) is 0 Å². The Labute approximate surface area is 208 Å². The molecule has 0 aliphatic heterocycles. The van der Waals surface area contributed by atoms with Crippen molar-refractivity contribution in [1.29, 1.82) is 0 Å². The van der Waals surface area contributed by atoms with E-state index in [0.29, 0.717) is 35.0 Å². The zero-order valence-corrected chi connectivity index (χ0v) is 21.0. The van der Waals surface area contributed by atoms with E-state index < -0.39 is 11.7 Å². The van der Waals surface area contributed by atoms with E-state index in [4.69, 9.17) is 4.74 Å². The molecule has 0 radical (unpaired) electrons. The molecule has 0 saturated heterocycles. The Balaban J connectivity index is 1.55. The van der Waals surface area contributed by atoms with Crippen LogP contribution in [0.15, 0.2) is 53.7 Å². The largest absolute Gasteiger partial charge is 0.461 e. The van der Waals surface area contributed by atoms with E-state index in [9.17, 15) is 18.0 Å². The Morgan fingerprint density at radius 2 is 1.91 bits per heavy atom. The number of ether oxygens (including phenoxy) is 1. The van der Waals surface area contributed by atoms with Crippen molar-refractivity contribution >= 4 is 28.8 Å². The SMILES string of the molecule is CC(C)[C@@H]1CC[C@H](C)C[C@H]1OC(=O)CSc1nc2cc(C(F)(F)F)ccc2n1Cc1ccccc1. The van der Waals surface area contributed by atoms with Crippen LogP contribution in [0, 0.1) is 17.8 Å². The number of benzene rings is 2. The van der Waals surface area contributed by atoms with E-state index in [0.717, 1.165) is 37.0 Å². The molecule has 35 heavy (non-hydrogen) atoms. The quantitative estimate of drug-likeness (QED) is 0.252. The molecular formula is C27H31F3N2O2S. The van der Waals surface area contributed by atoms with Gasteiger partial charge in [-0.3, -0.25) is 4.79 Å². The molecule has 1 aliphatic rings. The van der Waals surface area contributed by atoms with Crippen LogP contribution < -0.4 is 0 Å². The summed E-state index contributed by atoms with van der Waals surface area (Å²) >= 11 is 1.21. The molecular weight excluding hydrogens is 473 g/mol. The first-order chi connectivity index (χ1) is 16.6. The Morgan fingerprint density at radius 1 is 1.17 bits per heavy atom. The molecule has 4 nitrogen and oxygen atoms in total. The van der Waals surface area contributed by atoms with Gasteiger partial charge in [0.15, 0.2) is 5.16 Å². The van der Waals surface area contributed by atoms with Crippen LogP contribution in [0.1, 0.15) is 51.2 Å². The molecule has 1 fully saturated rings. The standard InChI is InChI=1S/C27H31F3N2O2S/c1-17(2)21-11-9-18(3)13-24(21)34-25(33)16-35-26-31-22-14-20(27(28,29)30)10-12-23(22)32(26)15-19-7-5-4-6-8-19/h4-8,10,12,14,17-18,21,24H,9,11,13,15-16H2,1-3H3/t18-,21-,24+/m0/s1. The molecule has 0 N–H and O–H groups in total. The average molecular weight is 505 g/mol.